The Morgan fingerprint density at radius 2 is 2.00 bits per heavy atom. The first-order valence-corrected chi connectivity index (χ1v) is 8.53. The van der Waals surface area contributed by atoms with Gasteiger partial charge in [-0.05, 0) is 43.5 Å². The number of nitrogens with zero attached hydrogens (tertiary/aromatic N) is 1. The van der Waals surface area contributed by atoms with Gasteiger partial charge in [0.25, 0.3) is 0 Å². The Bertz CT molecular complexity index is 664. The van der Waals surface area contributed by atoms with E-state index in [1.54, 1.807) is 6.07 Å². The minimum atomic E-state index is -0.388. The fraction of sp³-hybridized carbons (Fsp3) is 0.400. The fourth-order valence-corrected chi connectivity index (χ4v) is 3.60. The van der Waals surface area contributed by atoms with E-state index in [1.807, 2.05) is 12.1 Å². The molecule has 2 N–H and O–H groups in total. The summed E-state index contributed by atoms with van der Waals surface area (Å²) >= 11 is 0. The number of aliphatic hydroxyl groups excluding tert-OH is 1. The number of piperidine rings is 1. The normalized spacial score (nSPS) is 24.7. The zero-order valence-corrected chi connectivity index (χ0v) is 14.1. The summed E-state index contributed by atoms with van der Waals surface area (Å²) < 4.78 is 13.4. The highest BCUT2D eigenvalue weighted by atomic mass is 19.1. The monoisotopic (exact) mass is 328 g/mol. The van der Waals surface area contributed by atoms with Crippen LogP contribution in [0.25, 0.3) is 0 Å². The molecule has 1 fully saturated rings. The van der Waals surface area contributed by atoms with E-state index in [1.165, 1.54) is 17.7 Å². The third-order valence-electron chi connectivity index (χ3n) is 4.95. The standard InChI is InChI=1S/C20H25FN2O/c1-16-13-20(15-24,22-19-9-5-8-18(21)12-19)10-11-23(16)14-17-6-3-2-4-7-17/h2-9,12,16,22,24H,10-11,13-15H2,1H3/t16-,20-/m0/s1. The second-order valence-electron chi connectivity index (χ2n) is 6.83. The lowest BCUT2D eigenvalue weighted by molar-refractivity contribution is 0.0741. The molecule has 4 heteroatoms. The first kappa shape index (κ1) is 16.9. The Kier molecular flexibility index (Phi) is 5.17. The predicted octanol–water partition coefficient (Wildman–Crippen LogP) is 3.65. The van der Waals surface area contributed by atoms with Crippen LogP contribution < -0.4 is 5.32 Å². The number of aliphatic hydroxyl groups is 1. The molecule has 0 aromatic heterocycles. The van der Waals surface area contributed by atoms with Gasteiger partial charge in [-0.2, -0.15) is 0 Å². The lowest BCUT2D eigenvalue weighted by Gasteiger charge is -2.45. The van der Waals surface area contributed by atoms with E-state index in [0.29, 0.717) is 6.04 Å². The second kappa shape index (κ2) is 7.32. The van der Waals surface area contributed by atoms with Crippen molar-refractivity contribution in [1.29, 1.82) is 0 Å². The number of hydrogen-bond acceptors (Lipinski definition) is 3. The molecule has 3 rings (SSSR count). The van der Waals surface area contributed by atoms with Crippen LogP contribution in [-0.4, -0.2) is 34.7 Å². The van der Waals surface area contributed by atoms with Crippen LogP contribution in [0.4, 0.5) is 10.1 Å². The average Bonchev–Trinajstić information content (AvgIpc) is 2.58. The molecule has 0 unspecified atom stereocenters. The second-order valence-corrected chi connectivity index (χ2v) is 6.83. The van der Waals surface area contributed by atoms with E-state index in [0.717, 1.165) is 31.6 Å². The third-order valence-corrected chi connectivity index (χ3v) is 4.95. The Hall–Kier alpha value is -1.91. The van der Waals surface area contributed by atoms with Crippen LogP contribution in [0.2, 0.25) is 0 Å². The molecule has 1 aliphatic rings. The molecule has 0 bridgehead atoms. The van der Waals surface area contributed by atoms with Crippen LogP contribution in [0.3, 0.4) is 0 Å². The molecular weight excluding hydrogens is 303 g/mol. The van der Waals surface area contributed by atoms with Crippen molar-refractivity contribution in [3.05, 3.63) is 66.0 Å². The molecule has 24 heavy (non-hydrogen) atoms. The third kappa shape index (κ3) is 3.94. The van der Waals surface area contributed by atoms with Crippen molar-refractivity contribution in [2.75, 3.05) is 18.5 Å². The molecule has 0 saturated carbocycles. The van der Waals surface area contributed by atoms with Gasteiger partial charge in [0.1, 0.15) is 5.82 Å². The zero-order valence-electron chi connectivity index (χ0n) is 14.1. The van der Waals surface area contributed by atoms with Crippen molar-refractivity contribution in [3.63, 3.8) is 0 Å². The van der Waals surface area contributed by atoms with E-state index < -0.39 is 0 Å². The van der Waals surface area contributed by atoms with Crippen molar-refractivity contribution in [3.8, 4) is 0 Å². The number of benzene rings is 2. The summed E-state index contributed by atoms with van der Waals surface area (Å²) in [5.74, 6) is -0.261. The summed E-state index contributed by atoms with van der Waals surface area (Å²) in [7, 11) is 0. The van der Waals surface area contributed by atoms with Crippen LogP contribution in [0.15, 0.2) is 54.6 Å². The minimum Gasteiger partial charge on any atom is -0.394 e. The van der Waals surface area contributed by atoms with Gasteiger partial charge in [-0.3, -0.25) is 4.90 Å². The number of hydrogen-bond donors (Lipinski definition) is 2. The van der Waals surface area contributed by atoms with Gasteiger partial charge in [0.15, 0.2) is 0 Å². The maximum atomic E-state index is 13.4. The maximum Gasteiger partial charge on any atom is 0.125 e. The number of likely N-dealkylation sites (tertiary alicyclic amines) is 1. The lowest BCUT2D eigenvalue weighted by atomic mass is 9.83. The van der Waals surface area contributed by atoms with E-state index >= 15 is 0 Å². The SMILES string of the molecule is C[C@H]1C[C@@](CO)(Nc2cccc(F)c2)CCN1Cc1ccccc1. The highest BCUT2D eigenvalue weighted by Gasteiger charge is 2.37. The smallest absolute Gasteiger partial charge is 0.125 e. The average molecular weight is 328 g/mol. The quantitative estimate of drug-likeness (QED) is 0.879. The van der Waals surface area contributed by atoms with Crippen LogP contribution in [0, 0.1) is 5.82 Å². The molecule has 1 aliphatic heterocycles. The molecule has 2 aromatic carbocycles. The van der Waals surface area contributed by atoms with Crippen molar-refractivity contribution >= 4 is 5.69 Å². The van der Waals surface area contributed by atoms with Gasteiger partial charge in [0.05, 0.1) is 12.1 Å². The number of halogens is 1. The van der Waals surface area contributed by atoms with Crippen molar-refractivity contribution in [2.24, 2.45) is 0 Å². The van der Waals surface area contributed by atoms with Crippen molar-refractivity contribution in [1.82, 2.24) is 4.90 Å². The van der Waals surface area contributed by atoms with Crippen LogP contribution in [0.1, 0.15) is 25.3 Å². The molecular formula is C20H25FN2O. The Balaban J connectivity index is 1.67. The summed E-state index contributed by atoms with van der Waals surface area (Å²) in [5.41, 5.74) is 1.65. The minimum absolute atomic E-state index is 0.0486. The summed E-state index contributed by atoms with van der Waals surface area (Å²) in [6, 6.07) is 17.2. The zero-order chi connectivity index (χ0) is 17.0. The van der Waals surface area contributed by atoms with E-state index in [-0.39, 0.29) is 18.0 Å². The molecule has 0 aliphatic carbocycles. The van der Waals surface area contributed by atoms with E-state index in [2.05, 4.69) is 41.4 Å². The molecule has 2 atom stereocenters. The molecule has 0 spiro atoms. The van der Waals surface area contributed by atoms with Crippen LogP contribution in [0.5, 0.6) is 0 Å². The molecule has 1 heterocycles. The molecule has 1 saturated heterocycles. The topological polar surface area (TPSA) is 35.5 Å². The van der Waals surface area contributed by atoms with Gasteiger partial charge < -0.3 is 10.4 Å². The Morgan fingerprint density at radius 1 is 1.21 bits per heavy atom. The molecule has 0 amide bonds. The van der Waals surface area contributed by atoms with Gasteiger partial charge in [-0.15, -0.1) is 0 Å². The van der Waals surface area contributed by atoms with E-state index in [9.17, 15) is 9.50 Å². The fourth-order valence-electron chi connectivity index (χ4n) is 3.60. The first-order chi connectivity index (χ1) is 11.6. The number of anilines is 1. The molecule has 0 radical (unpaired) electrons. The van der Waals surface area contributed by atoms with Crippen LogP contribution >= 0.6 is 0 Å². The Labute approximate surface area is 143 Å². The highest BCUT2D eigenvalue weighted by Crippen LogP contribution is 2.31. The summed E-state index contributed by atoms with van der Waals surface area (Å²) in [5, 5.41) is 13.4. The number of rotatable bonds is 5. The highest BCUT2D eigenvalue weighted by molar-refractivity contribution is 5.46. The van der Waals surface area contributed by atoms with Gasteiger partial charge in [-0.1, -0.05) is 36.4 Å². The maximum absolute atomic E-state index is 13.4. The summed E-state index contributed by atoms with van der Waals surface area (Å²) in [6.45, 7) is 4.06. The summed E-state index contributed by atoms with van der Waals surface area (Å²) in [4.78, 5) is 2.44. The largest absolute Gasteiger partial charge is 0.394 e. The van der Waals surface area contributed by atoms with Gasteiger partial charge in [-0.25, -0.2) is 4.39 Å². The molecule has 128 valence electrons. The number of nitrogens with one attached hydrogen (secondary N) is 1. The Morgan fingerprint density at radius 3 is 2.67 bits per heavy atom. The molecule has 3 nitrogen and oxygen atoms in total. The summed E-state index contributed by atoms with van der Waals surface area (Å²) in [6.07, 6.45) is 1.66. The van der Waals surface area contributed by atoms with Crippen molar-refractivity contribution in [2.45, 2.75) is 37.9 Å². The predicted molar refractivity (Wildman–Crippen MR) is 95.4 cm³/mol. The lowest BCUT2D eigenvalue weighted by Crippen LogP contribution is -2.54. The molecule has 2 aromatic rings. The van der Waals surface area contributed by atoms with Crippen LogP contribution in [-0.2, 0) is 6.54 Å². The van der Waals surface area contributed by atoms with E-state index in [4.69, 9.17) is 0 Å². The van der Waals surface area contributed by atoms with Gasteiger partial charge in [0.2, 0.25) is 0 Å². The van der Waals surface area contributed by atoms with Crippen molar-refractivity contribution < 1.29 is 9.50 Å². The van der Waals surface area contributed by atoms with Gasteiger partial charge in [0, 0.05) is 24.8 Å². The first-order valence-electron chi connectivity index (χ1n) is 8.53. The van der Waals surface area contributed by atoms with Gasteiger partial charge >= 0.3 is 0 Å².